The number of pyridine rings is 1. The first-order valence-corrected chi connectivity index (χ1v) is 10.7. The molecule has 1 aromatic heterocycles. The van der Waals surface area contributed by atoms with Gasteiger partial charge in [-0.25, -0.2) is 22.9 Å². The highest BCUT2D eigenvalue weighted by Gasteiger charge is 2.33. The summed E-state index contributed by atoms with van der Waals surface area (Å²) in [5.41, 5.74) is -0.701. The highest BCUT2D eigenvalue weighted by atomic mass is 19.1. The topological polar surface area (TPSA) is 104 Å². The maximum Gasteiger partial charge on any atom is 0.328 e. The lowest BCUT2D eigenvalue weighted by Crippen LogP contribution is -2.42. The Bertz CT molecular complexity index is 1090. The molecule has 1 heterocycles. The molecule has 0 aliphatic carbocycles. The number of methoxy groups -OCH3 is 1. The molecule has 0 unspecified atom stereocenters. The number of amides is 1. The van der Waals surface area contributed by atoms with E-state index in [1.54, 1.807) is 13.8 Å². The Labute approximate surface area is 200 Å². The van der Waals surface area contributed by atoms with E-state index in [0.717, 1.165) is 6.92 Å². The van der Waals surface area contributed by atoms with E-state index in [0.29, 0.717) is 12.1 Å². The van der Waals surface area contributed by atoms with Crippen molar-refractivity contribution in [2.75, 3.05) is 7.11 Å². The second-order valence-electron chi connectivity index (χ2n) is 8.17. The number of halogens is 3. The van der Waals surface area contributed by atoms with Gasteiger partial charge in [-0.05, 0) is 19.8 Å². The summed E-state index contributed by atoms with van der Waals surface area (Å²) in [6, 6.07) is 1.30. The first-order chi connectivity index (χ1) is 16.4. The van der Waals surface area contributed by atoms with Gasteiger partial charge in [-0.2, -0.15) is 0 Å². The molecule has 0 aliphatic heterocycles. The number of nitrogens with one attached hydrogen (secondary N) is 1. The molecule has 0 saturated heterocycles. The molecule has 0 radical (unpaired) electrons. The minimum absolute atomic E-state index is 0.0762. The Kier molecular flexibility index (Phi) is 9.21. The van der Waals surface area contributed by atoms with Crippen molar-refractivity contribution in [1.82, 2.24) is 10.3 Å². The first kappa shape index (κ1) is 27.6. The standard InChI is InChI=1S/C24H27F3N2O6/c1-11(2)19(20-16(26)9-15(25)10-17(20)27)13(4)34-24(32)12(3)29-23(31)21-22(35-14(5)30)18(33-6)7-8-28-21/h7-13,19H,1-6H3,(H,29,31)/t12-,13-,19+/m0/s1. The number of carbonyl (C=O) groups excluding carboxylic acids is 3. The number of rotatable bonds is 9. The number of esters is 2. The maximum atomic E-state index is 14.4. The Morgan fingerprint density at radius 1 is 1.03 bits per heavy atom. The van der Waals surface area contributed by atoms with E-state index in [1.807, 2.05) is 0 Å². The summed E-state index contributed by atoms with van der Waals surface area (Å²) >= 11 is 0. The van der Waals surface area contributed by atoms with Gasteiger partial charge in [-0.15, -0.1) is 0 Å². The van der Waals surface area contributed by atoms with Gasteiger partial charge < -0.3 is 19.5 Å². The van der Waals surface area contributed by atoms with E-state index in [4.69, 9.17) is 14.2 Å². The molecule has 0 fully saturated rings. The van der Waals surface area contributed by atoms with Crippen LogP contribution in [0.5, 0.6) is 11.5 Å². The molecule has 2 aromatic rings. The van der Waals surface area contributed by atoms with Crippen LogP contribution in [-0.4, -0.2) is 42.1 Å². The van der Waals surface area contributed by atoms with Crippen molar-refractivity contribution in [3.63, 3.8) is 0 Å². The Hall–Kier alpha value is -3.63. The minimum atomic E-state index is -1.21. The van der Waals surface area contributed by atoms with Gasteiger partial charge in [0.05, 0.1) is 7.11 Å². The van der Waals surface area contributed by atoms with Crippen molar-refractivity contribution in [1.29, 1.82) is 0 Å². The lowest BCUT2D eigenvalue weighted by molar-refractivity contribution is -0.151. The van der Waals surface area contributed by atoms with Gasteiger partial charge in [0.1, 0.15) is 29.6 Å². The van der Waals surface area contributed by atoms with E-state index in [2.05, 4.69) is 10.3 Å². The van der Waals surface area contributed by atoms with Crippen LogP contribution >= 0.6 is 0 Å². The average molecular weight is 496 g/mol. The molecule has 2 rings (SSSR count). The van der Waals surface area contributed by atoms with Crippen molar-refractivity contribution in [2.24, 2.45) is 5.92 Å². The number of ether oxygens (including phenoxy) is 3. The van der Waals surface area contributed by atoms with Crippen LogP contribution in [0.1, 0.15) is 56.6 Å². The summed E-state index contributed by atoms with van der Waals surface area (Å²) in [5, 5.41) is 2.38. The summed E-state index contributed by atoms with van der Waals surface area (Å²) in [6.45, 7) is 7.26. The third-order valence-corrected chi connectivity index (χ3v) is 5.15. The minimum Gasteiger partial charge on any atom is -0.493 e. The van der Waals surface area contributed by atoms with Crippen molar-refractivity contribution in [3.8, 4) is 11.5 Å². The van der Waals surface area contributed by atoms with E-state index < -0.39 is 58.9 Å². The highest BCUT2D eigenvalue weighted by Crippen LogP contribution is 2.34. The second-order valence-corrected chi connectivity index (χ2v) is 8.17. The Morgan fingerprint density at radius 2 is 1.63 bits per heavy atom. The number of hydrogen-bond donors (Lipinski definition) is 1. The lowest BCUT2D eigenvalue weighted by atomic mass is 9.83. The van der Waals surface area contributed by atoms with Gasteiger partial charge >= 0.3 is 11.9 Å². The number of benzene rings is 1. The number of aromatic nitrogens is 1. The zero-order valence-corrected chi connectivity index (χ0v) is 20.1. The fraction of sp³-hybridized carbons (Fsp3) is 0.417. The van der Waals surface area contributed by atoms with Crippen LogP contribution in [0.25, 0.3) is 0 Å². The summed E-state index contributed by atoms with van der Waals surface area (Å²) in [5.74, 6) is -7.17. The first-order valence-electron chi connectivity index (χ1n) is 10.7. The van der Waals surface area contributed by atoms with Crippen molar-refractivity contribution >= 4 is 17.8 Å². The van der Waals surface area contributed by atoms with Gasteiger partial charge in [0, 0.05) is 42.8 Å². The number of carbonyl (C=O) groups is 3. The fourth-order valence-corrected chi connectivity index (χ4v) is 3.66. The van der Waals surface area contributed by atoms with Gasteiger partial charge in [-0.3, -0.25) is 9.59 Å². The predicted octanol–water partition coefficient (Wildman–Crippen LogP) is 3.92. The summed E-state index contributed by atoms with van der Waals surface area (Å²) in [7, 11) is 1.31. The molecule has 8 nitrogen and oxygen atoms in total. The molecule has 1 aromatic carbocycles. The van der Waals surface area contributed by atoms with Crippen LogP contribution in [-0.2, 0) is 14.3 Å². The molecular formula is C24H27F3N2O6. The molecular weight excluding hydrogens is 469 g/mol. The van der Waals surface area contributed by atoms with Gasteiger partial charge in [0.25, 0.3) is 5.91 Å². The number of hydrogen-bond acceptors (Lipinski definition) is 7. The van der Waals surface area contributed by atoms with E-state index in [-0.39, 0.29) is 23.1 Å². The Morgan fingerprint density at radius 3 is 2.14 bits per heavy atom. The third-order valence-electron chi connectivity index (χ3n) is 5.15. The molecule has 1 N–H and O–H groups in total. The summed E-state index contributed by atoms with van der Waals surface area (Å²) < 4.78 is 57.7. The molecule has 1 amide bonds. The van der Waals surface area contributed by atoms with Crippen LogP contribution in [0.15, 0.2) is 24.4 Å². The van der Waals surface area contributed by atoms with Gasteiger partial charge in [0.15, 0.2) is 11.4 Å². The number of nitrogens with zero attached hydrogens (tertiary/aromatic N) is 1. The molecule has 35 heavy (non-hydrogen) atoms. The molecule has 0 spiro atoms. The fourth-order valence-electron chi connectivity index (χ4n) is 3.66. The van der Waals surface area contributed by atoms with Gasteiger partial charge in [-0.1, -0.05) is 13.8 Å². The van der Waals surface area contributed by atoms with Crippen LogP contribution in [0.2, 0.25) is 0 Å². The van der Waals surface area contributed by atoms with Crippen LogP contribution < -0.4 is 14.8 Å². The SMILES string of the molecule is COc1ccnc(C(=O)N[C@@H](C)C(=O)O[C@@H](C)[C@H](c2c(F)cc(F)cc2F)C(C)C)c1OC(C)=O. The summed E-state index contributed by atoms with van der Waals surface area (Å²) in [6.07, 6.45) is 0.230. The third kappa shape index (κ3) is 6.71. The molecule has 190 valence electrons. The van der Waals surface area contributed by atoms with E-state index in [9.17, 15) is 27.6 Å². The van der Waals surface area contributed by atoms with Crippen molar-refractivity contribution in [2.45, 2.75) is 52.7 Å². The van der Waals surface area contributed by atoms with Crippen LogP contribution in [0.3, 0.4) is 0 Å². The average Bonchev–Trinajstić information content (AvgIpc) is 2.75. The Balaban J connectivity index is 2.20. The van der Waals surface area contributed by atoms with Crippen molar-refractivity contribution < 1.29 is 41.8 Å². The molecule has 0 saturated carbocycles. The lowest BCUT2D eigenvalue weighted by Gasteiger charge is -2.29. The molecule has 0 bridgehead atoms. The van der Waals surface area contributed by atoms with Gasteiger partial charge in [0.2, 0.25) is 5.75 Å². The monoisotopic (exact) mass is 496 g/mol. The molecule has 0 aliphatic rings. The predicted molar refractivity (Wildman–Crippen MR) is 118 cm³/mol. The normalized spacial score (nSPS) is 13.5. The highest BCUT2D eigenvalue weighted by molar-refractivity contribution is 5.98. The van der Waals surface area contributed by atoms with E-state index in [1.165, 1.54) is 33.2 Å². The maximum absolute atomic E-state index is 14.4. The van der Waals surface area contributed by atoms with Crippen LogP contribution in [0, 0.1) is 23.4 Å². The van der Waals surface area contributed by atoms with Crippen molar-refractivity contribution in [3.05, 3.63) is 53.1 Å². The zero-order chi connectivity index (χ0) is 26.4. The quantitative estimate of drug-likeness (QED) is 0.525. The van der Waals surface area contributed by atoms with Crippen LogP contribution in [0.4, 0.5) is 13.2 Å². The molecule has 3 atom stereocenters. The van der Waals surface area contributed by atoms with E-state index >= 15 is 0 Å². The molecule has 11 heteroatoms. The summed E-state index contributed by atoms with van der Waals surface area (Å²) in [4.78, 5) is 40.7. The zero-order valence-electron chi connectivity index (χ0n) is 20.1. The smallest absolute Gasteiger partial charge is 0.328 e. The second kappa shape index (κ2) is 11.7. The largest absolute Gasteiger partial charge is 0.493 e.